The van der Waals surface area contributed by atoms with E-state index in [-0.39, 0.29) is 51.5 Å². The summed E-state index contributed by atoms with van der Waals surface area (Å²) in [7, 11) is 1.75. The standard InChI is InChI=1S/C21H15F2N3OS.2C14H8FN3S.C9H5FIN3.C8H3FIN3/c22-14-4-1-3-13(11-14)6-7-16-20-17(26-25-16)8-9-18(21(20)23)24-19(27)12-15-5-2-10-28-15;2*15-14-9(8-16)3-5-11-13(14)12(18-17-11)6-4-10-2-1-7-19-10;1-14-6-3-2-5(4-12)8(10)7(6)9(11)13-14;9-7-4(3-11)1-2-5-6(7)8(10)13-12-5/h1-11H,12H2,(H,24,27)(H,25,26);2*1-7H,(H,17,18);2-3H,1H3;1-2H,(H,12,13)/b7-6+;6-4+;6-4-;;. The van der Waals surface area contributed by atoms with E-state index in [1.54, 1.807) is 107 Å². The largest absolute Gasteiger partial charge is 0.323 e. The third-order valence-electron chi connectivity index (χ3n) is 13.5. The summed E-state index contributed by atoms with van der Waals surface area (Å²) >= 11 is 8.56. The molecule has 0 atom stereocenters. The molecule has 0 radical (unpaired) electrons. The molecule has 0 aliphatic rings. The van der Waals surface area contributed by atoms with Crippen molar-refractivity contribution in [1.82, 2.24) is 50.6 Å². The van der Waals surface area contributed by atoms with E-state index in [9.17, 15) is 26.7 Å². The van der Waals surface area contributed by atoms with Gasteiger partial charge in [-0.05, 0) is 188 Å². The molecule has 0 saturated heterocycles. The minimum atomic E-state index is -0.565. The smallest absolute Gasteiger partial charge is 0.229 e. The number of nitrogens with zero attached hydrogens (tertiary/aromatic N) is 10. The highest BCUT2D eigenvalue weighted by molar-refractivity contribution is 14.1. The van der Waals surface area contributed by atoms with Gasteiger partial charge in [0.15, 0.2) is 29.1 Å². The molecule has 93 heavy (non-hydrogen) atoms. The Bertz CT molecular complexity index is 5190. The molecule has 14 aromatic rings. The SMILES string of the molecule is Cn1nc(I)c2c(F)c(C#N)ccc21.N#Cc1ccc2n[nH]c(/C=C/c3cccs3)c2c1F.N#Cc1ccc2n[nH]c(/C=C\c3cccs3)c2c1F.N#Cc1ccc2n[nH]c(I)c2c1F.O=C(Cc1cccs1)Nc1ccc2[nH]nc(/C=C/c3cccc(F)c3)c2c1F. The van der Waals surface area contributed by atoms with Crippen molar-refractivity contribution >= 4 is 182 Å². The predicted molar refractivity (Wildman–Crippen MR) is 368 cm³/mol. The fourth-order valence-corrected chi connectivity index (χ4v) is 12.4. The number of halogens is 8. The first kappa shape index (κ1) is 65.4. The minimum absolute atomic E-state index is 0.0275. The number of aryl methyl sites for hydroxylation is 1. The number of amides is 1. The molecule has 14 rings (SSSR count). The van der Waals surface area contributed by atoms with Crippen molar-refractivity contribution in [2.45, 2.75) is 6.42 Å². The van der Waals surface area contributed by atoms with Crippen LogP contribution in [0.3, 0.4) is 0 Å². The third kappa shape index (κ3) is 15.1. The van der Waals surface area contributed by atoms with Gasteiger partial charge < -0.3 is 5.32 Å². The zero-order valence-corrected chi connectivity index (χ0v) is 54.3. The van der Waals surface area contributed by atoms with Crippen LogP contribution in [0.2, 0.25) is 0 Å². The van der Waals surface area contributed by atoms with Crippen molar-refractivity contribution in [2.24, 2.45) is 7.05 Å². The number of thiophene rings is 3. The Kier molecular flexibility index (Phi) is 21.1. The second-order valence-electron chi connectivity index (χ2n) is 19.3. The van der Waals surface area contributed by atoms with E-state index < -0.39 is 29.1 Å². The van der Waals surface area contributed by atoms with Crippen molar-refractivity contribution in [3.05, 3.63) is 239 Å². The number of nitrogens with one attached hydrogen (secondary N) is 5. The minimum Gasteiger partial charge on any atom is -0.323 e. The van der Waals surface area contributed by atoms with E-state index in [0.717, 1.165) is 14.6 Å². The van der Waals surface area contributed by atoms with Gasteiger partial charge in [-0.2, -0.15) is 46.5 Å². The lowest BCUT2D eigenvalue weighted by molar-refractivity contribution is -0.115. The van der Waals surface area contributed by atoms with E-state index >= 15 is 4.39 Å². The average molecular weight is 1520 g/mol. The number of H-pyrrole nitrogens is 4. The highest BCUT2D eigenvalue weighted by Gasteiger charge is 2.19. The van der Waals surface area contributed by atoms with Gasteiger partial charge in [-0.1, -0.05) is 36.4 Å². The molecule has 0 spiro atoms. The number of anilines is 1. The Hall–Kier alpha value is -10.5. The van der Waals surface area contributed by atoms with Crippen LogP contribution in [0.4, 0.5) is 32.0 Å². The molecule has 0 unspecified atom stereocenters. The molecule has 0 aliphatic carbocycles. The van der Waals surface area contributed by atoms with Crippen LogP contribution in [0, 0.1) is 87.6 Å². The monoisotopic (exact) mass is 1520 g/mol. The fraction of sp³-hybridized carbons (Fsp3) is 0.0303. The number of hydrogen-bond donors (Lipinski definition) is 5. The topological polar surface area (TPSA) is 257 Å². The van der Waals surface area contributed by atoms with Crippen LogP contribution in [-0.2, 0) is 18.3 Å². The maximum Gasteiger partial charge on any atom is 0.229 e. The summed E-state index contributed by atoms with van der Waals surface area (Å²) in [6, 6.07) is 40.4. The molecule has 1 amide bonds. The van der Waals surface area contributed by atoms with Gasteiger partial charge in [0, 0.05) is 21.7 Å². The van der Waals surface area contributed by atoms with Gasteiger partial charge in [0.1, 0.15) is 37.5 Å². The molecule has 8 aromatic heterocycles. The van der Waals surface area contributed by atoms with Crippen molar-refractivity contribution in [1.29, 1.82) is 21.0 Å². The second kappa shape index (κ2) is 30.1. The number of rotatable bonds is 9. The maximum atomic E-state index is 15.0. The van der Waals surface area contributed by atoms with Crippen LogP contribution in [0.1, 0.15) is 59.5 Å². The summed E-state index contributed by atoms with van der Waals surface area (Å²) < 4.78 is 86.5. The molecule has 0 aliphatic heterocycles. The number of fused-ring (bicyclic) bond motifs is 5. The van der Waals surface area contributed by atoms with E-state index in [4.69, 9.17) is 21.0 Å². The van der Waals surface area contributed by atoms with E-state index in [2.05, 4.69) is 51.2 Å². The number of hydrogen-bond acceptors (Lipinski definition) is 13. The number of nitriles is 4. The Morgan fingerprint density at radius 2 is 1.06 bits per heavy atom. The summed E-state index contributed by atoms with van der Waals surface area (Å²) in [6.45, 7) is 0. The van der Waals surface area contributed by atoms with E-state index in [1.165, 1.54) is 53.8 Å². The second-order valence-corrected chi connectivity index (χ2v) is 24.4. The van der Waals surface area contributed by atoms with Crippen molar-refractivity contribution < 1.29 is 31.1 Å². The summed E-state index contributed by atoms with van der Waals surface area (Å²) in [5.41, 5.74) is 5.17. The van der Waals surface area contributed by atoms with Crippen LogP contribution >= 0.6 is 79.2 Å². The molecule has 0 saturated carbocycles. The van der Waals surface area contributed by atoms with Crippen LogP contribution < -0.4 is 5.32 Å². The average Bonchev–Trinajstić information content (AvgIpc) is 1.81. The van der Waals surface area contributed by atoms with Crippen LogP contribution in [-0.4, -0.2) is 56.5 Å². The first-order chi connectivity index (χ1) is 45.1. The lowest BCUT2D eigenvalue weighted by Crippen LogP contribution is -2.14. The summed E-state index contributed by atoms with van der Waals surface area (Å²) in [5, 5.41) is 76.3. The predicted octanol–water partition coefficient (Wildman–Crippen LogP) is 17.2. The number of carbonyl (C=O) groups is 1. The maximum absolute atomic E-state index is 15.0. The Morgan fingerprint density at radius 1 is 0.538 bits per heavy atom. The lowest BCUT2D eigenvalue weighted by Gasteiger charge is -2.06. The lowest BCUT2D eigenvalue weighted by atomic mass is 10.1. The van der Waals surface area contributed by atoms with Gasteiger partial charge in [0.05, 0.1) is 106 Å². The zero-order chi connectivity index (χ0) is 65.7. The molecule has 16 nitrogen and oxygen atoms in total. The third-order valence-corrected chi connectivity index (χ3v) is 17.5. The molecule has 0 fully saturated rings. The normalized spacial score (nSPS) is 11.0. The molecule has 458 valence electrons. The quantitative estimate of drug-likeness (QED) is 0.0674. The molecule has 8 heterocycles. The summed E-state index contributed by atoms with van der Waals surface area (Å²) in [4.78, 5) is 15.2. The van der Waals surface area contributed by atoms with Crippen LogP contribution in [0.15, 0.2) is 137 Å². The van der Waals surface area contributed by atoms with Gasteiger partial charge >= 0.3 is 0 Å². The molecule has 27 heteroatoms. The van der Waals surface area contributed by atoms with Gasteiger partial charge in [-0.3, -0.25) is 29.9 Å². The number of aromatic nitrogens is 10. The Balaban J connectivity index is 0.000000131. The fourth-order valence-electron chi connectivity index (χ4n) is 9.04. The Morgan fingerprint density at radius 3 is 1.60 bits per heavy atom. The van der Waals surface area contributed by atoms with Crippen molar-refractivity contribution in [3.63, 3.8) is 0 Å². The highest BCUT2D eigenvalue weighted by Crippen LogP contribution is 2.31. The van der Waals surface area contributed by atoms with E-state index in [0.29, 0.717) is 79.2 Å². The van der Waals surface area contributed by atoms with Crippen molar-refractivity contribution in [2.75, 3.05) is 5.32 Å². The number of benzene rings is 6. The first-order valence-corrected chi connectivity index (χ1v) is 31.8. The number of carbonyl (C=O) groups excluding carboxylic acids is 1. The number of aromatic amines is 4. The molecular weight excluding hydrogens is 1480 g/mol. The van der Waals surface area contributed by atoms with Gasteiger partial charge in [-0.25, -0.2) is 26.3 Å². The summed E-state index contributed by atoms with van der Waals surface area (Å²) in [5.74, 6) is -3.25. The molecular formula is C66H39F6I2N15OS3. The van der Waals surface area contributed by atoms with Gasteiger partial charge in [-0.15, -0.1) is 34.0 Å². The molecule has 0 bridgehead atoms. The Labute approximate surface area is 562 Å². The zero-order valence-electron chi connectivity index (χ0n) is 47.6. The van der Waals surface area contributed by atoms with Gasteiger partial charge in [0.2, 0.25) is 5.91 Å². The molecule has 6 aromatic carbocycles. The summed E-state index contributed by atoms with van der Waals surface area (Å²) in [6.07, 6.45) is 10.8. The van der Waals surface area contributed by atoms with Crippen molar-refractivity contribution in [3.8, 4) is 24.3 Å². The van der Waals surface area contributed by atoms with Gasteiger partial charge in [0.25, 0.3) is 0 Å². The highest BCUT2D eigenvalue weighted by atomic mass is 127. The van der Waals surface area contributed by atoms with Crippen LogP contribution in [0.25, 0.3) is 91.0 Å². The first-order valence-electron chi connectivity index (χ1n) is 27.0. The van der Waals surface area contributed by atoms with Crippen LogP contribution in [0.5, 0.6) is 0 Å². The van der Waals surface area contributed by atoms with E-state index in [1.807, 2.05) is 128 Å². The molecule has 5 N–H and O–H groups in total.